The lowest BCUT2D eigenvalue weighted by atomic mass is 9.97. The van der Waals surface area contributed by atoms with Crippen LogP contribution in [-0.4, -0.2) is 25.3 Å². The van der Waals surface area contributed by atoms with Gasteiger partial charge in [0.25, 0.3) is 0 Å². The molecule has 2 nitrogen and oxygen atoms in total. The van der Waals surface area contributed by atoms with E-state index in [1.54, 1.807) is 10.4 Å². The summed E-state index contributed by atoms with van der Waals surface area (Å²) in [6, 6.07) is 82.6. The molecule has 2 aliphatic heterocycles. The molecular weight excluding hydrogens is 853 g/mol. The normalized spacial score (nSPS) is 14.1. The zero-order chi connectivity index (χ0) is 45.5. The second-order valence-corrected chi connectivity index (χ2v) is 28.8. The van der Waals surface area contributed by atoms with Crippen LogP contribution < -0.4 is 20.7 Å². The average Bonchev–Trinajstić information content (AvgIpc) is 4.04. The maximum Gasteiger partial charge on any atom is 0.113 e. The lowest BCUT2D eigenvalue weighted by Gasteiger charge is -2.19. The average molecular weight is 901 g/mol. The fourth-order valence-corrected chi connectivity index (χ4v) is 18.4. The molecule has 0 bridgehead atoms. The van der Waals surface area contributed by atoms with Crippen molar-refractivity contribution < 1.29 is 0 Å². The Morgan fingerprint density at radius 3 is 0.882 bits per heavy atom. The smallest absolute Gasteiger partial charge is 0.113 e. The van der Waals surface area contributed by atoms with E-state index in [1.165, 1.54) is 121 Å². The zero-order valence-corrected chi connectivity index (χ0v) is 40.7. The lowest BCUT2D eigenvalue weighted by molar-refractivity contribution is 1.18. The van der Waals surface area contributed by atoms with Crippen LogP contribution in [0.3, 0.4) is 0 Å². The number of aromatic nitrogens is 2. The van der Waals surface area contributed by atoms with Crippen molar-refractivity contribution in [3.63, 3.8) is 0 Å². The van der Waals surface area contributed by atoms with Crippen LogP contribution in [0.4, 0.5) is 0 Å². The Morgan fingerprint density at radius 2 is 0.529 bits per heavy atom. The molecule has 0 aliphatic carbocycles. The fourth-order valence-electron chi connectivity index (χ4n) is 12.2. The van der Waals surface area contributed by atoms with Gasteiger partial charge in [-0.1, -0.05) is 172 Å². The summed E-state index contributed by atoms with van der Waals surface area (Å²) in [6.07, 6.45) is 0. The minimum atomic E-state index is -1.83. The summed E-state index contributed by atoms with van der Waals surface area (Å²) in [5, 5.41) is 11.2. The highest BCUT2D eigenvalue weighted by atomic mass is 28.3. The summed E-state index contributed by atoms with van der Waals surface area (Å²) in [5.74, 6) is 0. The van der Waals surface area contributed by atoms with E-state index < -0.39 is 16.1 Å². The molecule has 0 N–H and O–H groups in total. The third-order valence-corrected chi connectivity index (χ3v) is 22.8. The minimum absolute atomic E-state index is 1.17. The van der Waals surface area contributed by atoms with E-state index in [4.69, 9.17) is 0 Å². The Labute approximate surface area is 399 Å². The number of benzene rings is 10. The fraction of sp³-hybridized carbons (Fsp3) is 0.0625. The molecule has 2 aromatic heterocycles. The van der Waals surface area contributed by atoms with E-state index in [9.17, 15) is 0 Å². The van der Waals surface area contributed by atoms with Gasteiger partial charge in [0.2, 0.25) is 0 Å². The Kier molecular flexibility index (Phi) is 8.33. The highest BCUT2D eigenvalue weighted by Gasteiger charge is 2.38. The summed E-state index contributed by atoms with van der Waals surface area (Å²) >= 11 is 0. The summed E-state index contributed by atoms with van der Waals surface area (Å²) in [5.41, 5.74) is 20.3. The number of fused-ring (bicyclic) bond motifs is 12. The van der Waals surface area contributed by atoms with Crippen molar-refractivity contribution in [1.29, 1.82) is 0 Å². The summed E-state index contributed by atoms with van der Waals surface area (Å²) in [4.78, 5) is 0. The molecule has 0 unspecified atom stereocenters. The van der Waals surface area contributed by atoms with Gasteiger partial charge in [0.05, 0.1) is 22.1 Å². The highest BCUT2D eigenvalue weighted by molar-refractivity contribution is 7.04. The quantitative estimate of drug-likeness (QED) is 0.152. The van der Waals surface area contributed by atoms with Crippen molar-refractivity contribution in [2.24, 2.45) is 0 Å². The molecule has 68 heavy (non-hydrogen) atoms. The van der Waals surface area contributed by atoms with Gasteiger partial charge in [-0.15, -0.1) is 0 Å². The minimum Gasteiger partial charge on any atom is -0.309 e. The van der Waals surface area contributed by atoms with Crippen LogP contribution in [0.15, 0.2) is 218 Å². The van der Waals surface area contributed by atoms with Crippen molar-refractivity contribution in [3.8, 4) is 67.0 Å². The van der Waals surface area contributed by atoms with Crippen LogP contribution in [0.5, 0.6) is 0 Å². The first-order valence-corrected chi connectivity index (χ1v) is 30.0. The maximum absolute atomic E-state index is 2.50. The molecule has 14 rings (SSSR count). The summed E-state index contributed by atoms with van der Waals surface area (Å²) in [6.45, 7) is 10.0. The lowest BCUT2D eigenvalue weighted by Crippen LogP contribution is -2.49. The molecule has 0 amide bonds. The van der Waals surface area contributed by atoms with Gasteiger partial charge in [0.15, 0.2) is 0 Å². The van der Waals surface area contributed by atoms with Gasteiger partial charge in [-0.2, -0.15) is 0 Å². The Balaban J connectivity index is 0.934. The monoisotopic (exact) mass is 900 g/mol. The third kappa shape index (κ3) is 5.62. The summed E-state index contributed by atoms with van der Waals surface area (Å²) < 4.78 is 4.88. The topological polar surface area (TPSA) is 9.86 Å². The van der Waals surface area contributed by atoms with Crippen molar-refractivity contribution >= 4 is 80.5 Å². The third-order valence-electron chi connectivity index (χ3n) is 15.7. The van der Waals surface area contributed by atoms with E-state index in [1.807, 2.05) is 0 Å². The van der Waals surface area contributed by atoms with E-state index in [0.717, 1.165) is 0 Å². The molecule has 0 saturated carbocycles. The molecular formula is C64H48N2Si2. The van der Waals surface area contributed by atoms with Crippen LogP contribution in [0.25, 0.3) is 111 Å². The van der Waals surface area contributed by atoms with Gasteiger partial charge >= 0.3 is 0 Å². The predicted molar refractivity (Wildman–Crippen MR) is 296 cm³/mol. The van der Waals surface area contributed by atoms with Crippen LogP contribution in [-0.2, 0) is 0 Å². The maximum atomic E-state index is 2.50. The standard InChI is InChI=1S/C64H48N2Si2/c1-67(2)61-21-13-11-19-49(61)51-29-23-45(39-63(51)67)43-27-33-59-55(37-43)53-35-41(25-31-57(53)65(59)47-15-7-5-8-16-47)42-26-32-58-54(36-42)56-38-44(28-34-60(56)66(58)48-17-9-6-10-18-48)46-24-30-52-50-20-12-14-22-62(50)68(3,4)64(52)40-46/h5-40H,1-4H3. The van der Waals surface area contributed by atoms with Crippen molar-refractivity contribution in [1.82, 2.24) is 9.13 Å². The van der Waals surface area contributed by atoms with Crippen LogP contribution >= 0.6 is 0 Å². The molecule has 0 radical (unpaired) electrons. The van der Waals surface area contributed by atoms with Gasteiger partial charge in [-0.05, 0) is 149 Å². The van der Waals surface area contributed by atoms with Crippen LogP contribution in [0.2, 0.25) is 26.2 Å². The molecule has 0 fully saturated rings. The molecule has 0 saturated heterocycles. The molecule has 2 aliphatic rings. The molecule has 4 heteroatoms. The Hall–Kier alpha value is -7.77. The van der Waals surface area contributed by atoms with Gasteiger partial charge in [0.1, 0.15) is 16.1 Å². The summed E-state index contributed by atoms with van der Waals surface area (Å²) in [7, 11) is -3.66. The largest absolute Gasteiger partial charge is 0.309 e. The number of rotatable bonds is 5. The van der Waals surface area contributed by atoms with Crippen molar-refractivity contribution in [2.45, 2.75) is 26.2 Å². The van der Waals surface area contributed by atoms with Crippen molar-refractivity contribution in [2.75, 3.05) is 0 Å². The van der Waals surface area contributed by atoms with Crippen molar-refractivity contribution in [3.05, 3.63) is 218 Å². The first-order valence-electron chi connectivity index (χ1n) is 24.0. The van der Waals surface area contributed by atoms with Gasteiger partial charge < -0.3 is 9.13 Å². The van der Waals surface area contributed by atoms with Gasteiger partial charge in [-0.25, -0.2) is 0 Å². The van der Waals surface area contributed by atoms with Gasteiger partial charge in [0, 0.05) is 32.9 Å². The number of para-hydroxylation sites is 2. The van der Waals surface area contributed by atoms with Crippen LogP contribution in [0, 0.1) is 0 Å². The Bertz CT molecular complexity index is 3810. The number of hydrogen-bond acceptors (Lipinski definition) is 0. The van der Waals surface area contributed by atoms with Crippen LogP contribution in [0.1, 0.15) is 0 Å². The first-order chi connectivity index (χ1) is 33.2. The molecule has 0 atom stereocenters. The molecule has 0 spiro atoms. The first kappa shape index (κ1) is 39.4. The van der Waals surface area contributed by atoms with E-state index in [0.29, 0.717) is 0 Å². The SMILES string of the molecule is C[Si]1(C)c2ccccc2-c2ccc(-c3ccc4c(c3)c3cc(-c5ccc6c(c5)c5cc(-c7ccc8c(c7)[Si](C)(C)c7ccccc7-8)ccc5n6-c5ccccc5)ccc3n4-c3ccccc3)cc21. The predicted octanol–water partition coefficient (Wildman–Crippen LogP) is 14.5. The molecule has 4 heterocycles. The highest BCUT2D eigenvalue weighted by Crippen LogP contribution is 2.41. The second-order valence-electron chi connectivity index (χ2n) is 20.1. The zero-order valence-electron chi connectivity index (χ0n) is 38.7. The second kappa shape index (κ2) is 14.4. The van der Waals surface area contributed by atoms with E-state index >= 15 is 0 Å². The number of hydrogen-bond donors (Lipinski definition) is 0. The molecule has 322 valence electrons. The van der Waals surface area contributed by atoms with E-state index in [2.05, 4.69) is 254 Å². The van der Waals surface area contributed by atoms with E-state index in [-0.39, 0.29) is 0 Å². The number of nitrogens with zero attached hydrogens (tertiary/aromatic N) is 2. The Morgan fingerprint density at radius 1 is 0.250 bits per heavy atom. The molecule has 12 aromatic rings. The molecule has 10 aromatic carbocycles. The van der Waals surface area contributed by atoms with Gasteiger partial charge in [-0.3, -0.25) is 0 Å².